The fourth-order valence-corrected chi connectivity index (χ4v) is 3.78. The molecule has 4 aromatic rings. The molecule has 0 aliphatic rings. The highest BCUT2D eigenvalue weighted by atomic mass is 35.5. The van der Waals surface area contributed by atoms with Crippen LogP contribution >= 0.6 is 11.6 Å². The lowest BCUT2D eigenvalue weighted by molar-refractivity contribution is 0.202. The predicted molar refractivity (Wildman–Crippen MR) is 132 cm³/mol. The Morgan fingerprint density at radius 3 is 1.69 bits per heavy atom. The molecule has 4 aromatic carbocycles. The molecule has 0 aliphatic carbocycles. The molecule has 0 bridgehead atoms. The van der Waals surface area contributed by atoms with Gasteiger partial charge < -0.3 is 4.90 Å². The fraction of sp³-hybridized carbons (Fsp3) is 0.107. The average Bonchev–Trinajstić information content (AvgIpc) is 2.83. The summed E-state index contributed by atoms with van der Waals surface area (Å²) in [5.74, 6) is 0. The summed E-state index contributed by atoms with van der Waals surface area (Å²) in [7, 11) is 0. The number of aryl methyl sites for hydroxylation is 1. The molecule has 0 radical (unpaired) electrons. The Bertz CT molecular complexity index is 1120. The molecule has 4 rings (SSSR count). The number of urea groups is 1. The second-order valence-electron chi connectivity index (χ2n) is 7.71. The van der Waals surface area contributed by atoms with Gasteiger partial charge in [0.05, 0.1) is 11.4 Å². The van der Waals surface area contributed by atoms with Crippen molar-refractivity contribution in [1.82, 2.24) is 4.90 Å². The highest BCUT2D eigenvalue weighted by Crippen LogP contribution is 2.31. The molecule has 32 heavy (non-hydrogen) atoms. The molecule has 3 nitrogen and oxygen atoms in total. The highest BCUT2D eigenvalue weighted by Gasteiger charge is 2.25. The summed E-state index contributed by atoms with van der Waals surface area (Å²) in [4.78, 5) is 17.7. The van der Waals surface area contributed by atoms with E-state index in [4.69, 9.17) is 11.6 Å². The third-order valence-corrected chi connectivity index (χ3v) is 5.73. The van der Waals surface area contributed by atoms with Crippen molar-refractivity contribution in [2.45, 2.75) is 20.0 Å². The van der Waals surface area contributed by atoms with Crippen LogP contribution in [0.15, 0.2) is 109 Å². The minimum atomic E-state index is -0.108. The van der Waals surface area contributed by atoms with Crippen molar-refractivity contribution in [1.29, 1.82) is 0 Å². The van der Waals surface area contributed by atoms with Gasteiger partial charge >= 0.3 is 6.03 Å². The third kappa shape index (κ3) is 5.19. The first-order valence-electron chi connectivity index (χ1n) is 10.6. The van der Waals surface area contributed by atoms with Gasteiger partial charge in [0.15, 0.2) is 0 Å². The summed E-state index contributed by atoms with van der Waals surface area (Å²) in [6, 6.07) is 35.4. The molecule has 0 fully saturated rings. The molecule has 0 atom stereocenters. The van der Waals surface area contributed by atoms with Gasteiger partial charge in [0, 0.05) is 18.1 Å². The number of anilines is 2. The SMILES string of the molecule is Cc1ccc(N(C(=O)N(Cc2ccccc2)Cc2ccccc2)c2ccccc2)cc1Cl. The van der Waals surface area contributed by atoms with Gasteiger partial charge in [-0.2, -0.15) is 0 Å². The van der Waals surface area contributed by atoms with Crippen molar-refractivity contribution in [3.63, 3.8) is 0 Å². The molecule has 0 aromatic heterocycles. The molecule has 4 heteroatoms. The summed E-state index contributed by atoms with van der Waals surface area (Å²) < 4.78 is 0. The zero-order valence-corrected chi connectivity index (χ0v) is 18.7. The number of carbonyl (C=O) groups excluding carboxylic acids is 1. The van der Waals surface area contributed by atoms with Gasteiger partial charge in [-0.05, 0) is 47.9 Å². The number of halogens is 1. The number of nitrogens with zero attached hydrogens (tertiary/aromatic N) is 2. The largest absolute Gasteiger partial charge is 0.329 e. The number of carbonyl (C=O) groups is 1. The van der Waals surface area contributed by atoms with Crippen LogP contribution in [0.25, 0.3) is 0 Å². The molecule has 0 unspecified atom stereocenters. The maximum Gasteiger partial charge on any atom is 0.329 e. The van der Waals surface area contributed by atoms with E-state index in [2.05, 4.69) is 0 Å². The van der Waals surface area contributed by atoms with Crippen LogP contribution < -0.4 is 4.90 Å². The molecule has 0 aliphatic heterocycles. The van der Waals surface area contributed by atoms with E-state index in [-0.39, 0.29) is 6.03 Å². The Morgan fingerprint density at radius 1 is 0.688 bits per heavy atom. The van der Waals surface area contributed by atoms with Crippen LogP contribution in [-0.2, 0) is 13.1 Å². The molecule has 0 heterocycles. The zero-order chi connectivity index (χ0) is 22.3. The Labute approximate surface area is 194 Å². The van der Waals surface area contributed by atoms with Crippen LogP contribution in [0, 0.1) is 6.92 Å². The van der Waals surface area contributed by atoms with Crippen molar-refractivity contribution in [3.05, 3.63) is 131 Å². The van der Waals surface area contributed by atoms with Gasteiger partial charge in [-0.15, -0.1) is 0 Å². The molecule has 2 amide bonds. The van der Waals surface area contributed by atoms with Gasteiger partial charge in [-0.25, -0.2) is 4.79 Å². The first-order valence-corrected chi connectivity index (χ1v) is 11.0. The van der Waals surface area contributed by atoms with Crippen molar-refractivity contribution >= 4 is 29.0 Å². The van der Waals surface area contributed by atoms with E-state index in [1.807, 2.05) is 121 Å². The van der Waals surface area contributed by atoms with Crippen LogP contribution in [0.3, 0.4) is 0 Å². The van der Waals surface area contributed by atoms with Gasteiger partial charge in [-0.3, -0.25) is 4.90 Å². The third-order valence-electron chi connectivity index (χ3n) is 5.32. The lowest BCUT2D eigenvalue weighted by Gasteiger charge is -2.31. The molecule has 0 spiro atoms. The number of hydrogen-bond donors (Lipinski definition) is 0. The van der Waals surface area contributed by atoms with Crippen molar-refractivity contribution < 1.29 is 4.79 Å². The molecular weight excluding hydrogens is 416 g/mol. The van der Waals surface area contributed by atoms with Gasteiger partial charge in [-0.1, -0.05) is 96.5 Å². The van der Waals surface area contributed by atoms with E-state index in [0.717, 1.165) is 28.1 Å². The molecule has 160 valence electrons. The van der Waals surface area contributed by atoms with E-state index in [1.54, 1.807) is 4.90 Å². The standard InChI is InChI=1S/C28H25ClN2O/c1-22-17-18-26(19-27(22)29)31(25-15-9-4-10-16-25)28(32)30(20-23-11-5-2-6-12-23)21-24-13-7-3-8-14-24/h2-19H,20-21H2,1H3. The van der Waals surface area contributed by atoms with Crippen molar-refractivity contribution in [2.75, 3.05) is 4.90 Å². The first-order chi connectivity index (χ1) is 15.6. The lowest BCUT2D eigenvalue weighted by atomic mass is 10.1. The van der Waals surface area contributed by atoms with E-state index in [9.17, 15) is 4.79 Å². The normalized spacial score (nSPS) is 10.6. The number of benzene rings is 4. The molecule has 0 saturated carbocycles. The topological polar surface area (TPSA) is 23.6 Å². The summed E-state index contributed by atoms with van der Waals surface area (Å²) in [6.45, 7) is 2.95. The number of amides is 2. The minimum Gasteiger partial charge on any atom is -0.315 e. The van der Waals surface area contributed by atoms with Gasteiger partial charge in [0.25, 0.3) is 0 Å². The Hall–Kier alpha value is -3.56. The fourth-order valence-electron chi connectivity index (χ4n) is 3.61. The van der Waals surface area contributed by atoms with Crippen LogP contribution in [0.2, 0.25) is 5.02 Å². The average molecular weight is 441 g/mol. The maximum atomic E-state index is 14.1. The zero-order valence-electron chi connectivity index (χ0n) is 18.0. The predicted octanol–water partition coefficient (Wildman–Crippen LogP) is 7.61. The Kier molecular flexibility index (Phi) is 6.88. The van der Waals surface area contributed by atoms with Crippen LogP contribution in [-0.4, -0.2) is 10.9 Å². The minimum absolute atomic E-state index is 0.108. The summed E-state index contributed by atoms with van der Waals surface area (Å²) in [6.07, 6.45) is 0. The summed E-state index contributed by atoms with van der Waals surface area (Å²) >= 11 is 6.44. The van der Waals surface area contributed by atoms with Crippen LogP contribution in [0.5, 0.6) is 0 Å². The van der Waals surface area contributed by atoms with Crippen molar-refractivity contribution in [3.8, 4) is 0 Å². The highest BCUT2D eigenvalue weighted by molar-refractivity contribution is 6.31. The molecule has 0 saturated heterocycles. The number of rotatable bonds is 6. The second-order valence-corrected chi connectivity index (χ2v) is 8.12. The smallest absolute Gasteiger partial charge is 0.315 e. The summed E-state index contributed by atoms with van der Waals surface area (Å²) in [5, 5.41) is 0.633. The quantitative estimate of drug-likeness (QED) is 0.302. The maximum absolute atomic E-state index is 14.1. The van der Waals surface area contributed by atoms with E-state index < -0.39 is 0 Å². The lowest BCUT2D eigenvalue weighted by Crippen LogP contribution is -2.40. The van der Waals surface area contributed by atoms with E-state index >= 15 is 0 Å². The van der Waals surface area contributed by atoms with Gasteiger partial charge in [0.1, 0.15) is 0 Å². The Balaban J connectivity index is 1.75. The number of hydrogen-bond acceptors (Lipinski definition) is 1. The summed E-state index contributed by atoms with van der Waals surface area (Å²) in [5.41, 5.74) is 4.66. The molecular formula is C28H25ClN2O. The van der Waals surface area contributed by atoms with Crippen LogP contribution in [0.1, 0.15) is 16.7 Å². The monoisotopic (exact) mass is 440 g/mol. The van der Waals surface area contributed by atoms with Crippen LogP contribution in [0.4, 0.5) is 16.2 Å². The van der Waals surface area contributed by atoms with E-state index in [0.29, 0.717) is 18.1 Å². The second kappa shape index (κ2) is 10.2. The van der Waals surface area contributed by atoms with Crippen molar-refractivity contribution in [2.24, 2.45) is 0 Å². The first kappa shape index (κ1) is 21.7. The number of para-hydroxylation sites is 1. The van der Waals surface area contributed by atoms with Gasteiger partial charge in [0.2, 0.25) is 0 Å². The van der Waals surface area contributed by atoms with E-state index in [1.165, 1.54) is 0 Å². The molecule has 0 N–H and O–H groups in total. The Morgan fingerprint density at radius 2 is 1.19 bits per heavy atom.